The molecule has 2 aromatic rings. The van der Waals surface area contributed by atoms with Crippen LogP contribution in [0.15, 0.2) is 16.9 Å². The van der Waals surface area contributed by atoms with E-state index in [1.54, 1.807) is 26.8 Å². The van der Waals surface area contributed by atoms with Crippen molar-refractivity contribution in [3.63, 3.8) is 0 Å². The standard InChI is InChI=1S/C23H31Cl2N3O6/c1-6-7-10-33-19-14-11-16(24)17(25)12-15(14)20(29)28(9-8-26-21(30)32-5)18(19)13-27-22(31)34-23(2,3)4/h11-12H,6-10,13H2,1-5H3,(H,26,30)(H,27,31). The Hall–Kier alpha value is -2.65. The number of rotatable bonds is 9. The smallest absolute Gasteiger partial charge is 0.407 e. The lowest BCUT2D eigenvalue weighted by Crippen LogP contribution is -2.36. The molecule has 11 heteroatoms. The SMILES string of the molecule is CCCCOc1c(CNC(=O)OC(C)(C)C)n(CCNC(=O)OC)c(=O)c2cc(Cl)c(Cl)cc12. The summed E-state index contributed by atoms with van der Waals surface area (Å²) in [6.07, 6.45) is 0.410. The maximum atomic E-state index is 13.4. The molecule has 188 valence electrons. The number of alkyl carbamates (subject to hydrolysis) is 2. The number of aromatic nitrogens is 1. The van der Waals surface area contributed by atoms with Crippen molar-refractivity contribution in [2.75, 3.05) is 20.3 Å². The first-order valence-corrected chi connectivity index (χ1v) is 11.7. The Kier molecular flexibility index (Phi) is 9.88. The van der Waals surface area contributed by atoms with Crippen LogP contribution < -0.4 is 20.9 Å². The van der Waals surface area contributed by atoms with Crippen molar-refractivity contribution in [3.8, 4) is 5.75 Å². The van der Waals surface area contributed by atoms with Crippen molar-refractivity contribution in [1.29, 1.82) is 0 Å². The molecule has 1 aromatic carbocycles. The molecule has 2 amide bonds. The van der Waals surface area contributed by atoms with Crippen LogP contribution in [0.5, 0.6) is 5.75 Å². The summed E-state index contributed by atoms with van der Waals surface area (Å²) in [6.45, 7) is 7.82. The summed E-state index contributed by atoms with van der Waals surface area (Å²) in [4.78, 5) is 37.3. The lowest BCUT2D eigenvalue weighted by molar-refractivity contribution is 0.0522. The van der Waals surface area contributed by atoms with Crippen molar-refractivity contribution >= 4 is 46.2 Å². The molecule has 34 heavy (non-hydrogen) atoms. The van der Waals surface area contributed by atoms with E-state index in [2.05, 4.69) is 15.4 Å². The lowest BCUT2D eigenvalue weighted by Gasteiger charge is -2.23. The molecule has 0 spiro atoms. The number of nitrogens with zero attached hydrogens (tertiary/aromatic N) is 1. The van der Waals surface area contributed by atoms with Gasteiger partial charge in [0.15, 0.2) is 0 Å². The van der Waals surface area contributed by atoms with Crippen LogP contribution in [0.3, 0.4) is 0 Å². The van der Waals surface area contributed by atoms with E-state index in [4.69, 9.17) is 32.7 Å². The zero-order valence-corrected chi connectivity index (χ0v) is 21.6. The van der Waals surface area contributed by atoms with Crippen molar-refractivity contribution in [2.45, 2.75) is 59.2 Å². The third-order valence-electron chi connectivity index (χ3n) is 4.70. The zero-order valence-electron chi connectivity index (χ0n) is 20.0. The van der Waals surface area contributed by atoms with E-state index in [9.17, 15) is 14.4 Å². The molecular weight excluding hydrogens is 485 g/mol. The van der Waals surface area contributed by atoms with Gasteiger partial charge < -0.3 is 29.4 Å². The summed E-state index contributed by atoms with van der Waals surface area (Å²) in [5.74, 6) is 0.399. The van der Waals surface area contributed by atoms with Crippen molar-refractivity contribution in [2.24, 2.45) is 0 Å². The van der Waals surface area contributed by atoms with Gasteiger partial charge in [0.1, 0.15) is 11.4 Å². The number of carbonyl (C=O) groups excluding carboxylic acids is 2. The largest absolute Gasteiger partial charge is 0.491 e. The number of nitrogens with one attached hydrogen (secondary N) is 2. The molecule has 0 saturated heterocycles. The summed E-state index contributed by atoms with van der Waals surface area (Å²) in [7, 11) is 1.25. The van der Waals surface area contributed by atoms with Gasteiger partial charge in [-0.3, -0.25) is 4.79 Å². The van der Waals surface area contributed by atoms with Gasteiger partial charge in [0.2, 0.25) is 0 Å². The van der Waals surface area contributed by atoms with Gasteiger partial charge >= 0.3 is 12.2 Å². The molecule has 1 heterocycles. The number of ether oxygens (including phenoxy) is 3. The molecule has 0 aliphatic rings. The number of pyridine rings is 1. The van der Waals surface area contributed by atoms with E-state index in [-0.39, 0.29) is 35.2 Å². The molecular formula is C23H31Cl2N3O6. The molecule has 9 nitrogen and oxygen atoms in total. The Balaban J connectivity index is 2.60. The van der Waals surface area contributed by atoms with Gasteiger partial charge in [-0.05, 0) is 39.3 Å². The molecule has 1 aromatic heterocycles. The number of unbranched alkanes of at least 4 members (excludes halogenated alkanes) is 1. The molecule has 0 fully saturated rings. The van der Waals surface area contributed by atoms with Crippen LogP contribution in [-0.2, 0) is 22.6 Å². The van der Waals surface area contributed by atoms with E-state index < -0.39 is 17.8 Å². The van der Waals surface area contributed by atoms with E-state index >= 15 is 0 Å². The first kappa shape index (κ1) is 27.6. The number of benzene rings is 1. The Morgan fingerprint density at radius 2 is 1.71 bits per heavy atom. The van der Waals surface area contributed by atoms with E-state index in [0.717, 1.165) is 12.8 Å². The van der Waals surface area contributed by atoms with Gasteiger partial charge in [-0.1, -0.05) is 36.5 Å². The average molecular weight is 516 g/mol. The molecule has 2 rings (SSSR count). The third kappa shape index (κ3) is 7.43. The number of methoxy groups -OCH3 is 1. The van der Waals surface area contributed by atoms with Crippen LogP contribution in [0, 0.1) is 0 Å². The maximum absolute atomic E-state index is 13.4. The fourth-order valence-corrected chi connectivity index (χ4v) is 3.49. The first-order chi connectivity index (χ1) is 16.0. The highest BCUT2D eigenvalue weighted by atomic mass is 35.5. The predicted octanol–water partition coefficient (Wildman–Crippen LogP) is 4.87. The van der Waals surface area contributed by atoms with Gasteiger partial charge in [-0.15, -0.1) is 0 Å². The summed E-state index contributed by atoms with van der Waals surface area (Å²) >= 11 is 12.4. The molecule has 0 unspecified atom stereocenters. The number of hydrogen-bond donors (Lipinski definition) is 2. The number of fused-ring (bicyclic) bond motifs is 1. The van der Waals surface area contributed by atoms with E-state index in [0.29, 0.717) is 28.8 Å². The minimum Gasteiger partial charge on any atom is -0.491 e. The number of halogens is 2. The quantitative estimate of drug-likeness (QED) is 0.461. The third-order valence-corrected chi connectivity index (χ3v) is 5.42. The second-order valence-electron chi connectivity index (χ2n) is 8.52. The van der Waals surface area contributed by atoms with Crippen LogP contribution >= 0.6 is 23.2 Å². The number of amides is 2. The fraction of sp³-hybridized carbons (Fsp3) is 0.522. The summed E-state index contributed by atoms with van der Waals surface area (Å²) in [5.41, 5.74) is -0.656. The zero-order chi connectivity index (χ0) is 25.5. The molecule has 0 radical (unpaired) electrons. The van der Waals surface area contributed by atoms with Gasteiger partial charge in [-0.2, -0.15) is 0 Å². The Labute approximate surface area is 208 Å². The monoisotopic (exact) mass is 515 g/mol. The van der Waals surface area contributed by atoms with Gasteiger partial charge in [-0.25, -0.2) is 9.59 Å². The summed E-state index contributed by atoms with van der Waals surface area (Å²) in [5, 5.41) is 6.51. The van der Waals surface area contributed by atoms with Crippen LogP contribution in [0.25, 0.3) is 10.8 Å². The highest BCUT2D eigenvalue weighted by Crippen LogP contribution is 2.34. The Bertz CT molecular complexity index is 1100. The highest BCUT2D eigenvalue weighted by Gasteiger charge is 2.22. The van der Waals surface area contributed by atoms with Crippen LogP contribution in [0.2, 0.25) is 10.0 Å². The van der Waals surface area contributed by atoms with Gasteiger partial charge in [0.25, 0.3) is 5.56 Å². The molecule has 0 aliphatic carbocycles. The maximum Gasteiger partial charge on any atom is 0.407 e. The van der Waals surface area contributed by atoms with E-state index in [1.165, 1.54) is 17.7 Å². The Morgan fingerprint density at radius 3 is 2.29 bits per heavy atom. The Morgan fingerprint density at radius 1 is 1.06 bits per heavy atom. The minimum atomic E-state index is -0.692. The second-order valence-corrected chi connectivity index (χ2v) is 9.33. The van der Waals surface area contributed by atoms with Gasteiger partial charge in [0.05, 0.1) is 41.4 Å². The molecule has 0 aliphatic heterocycles. The van der Waals surface area contributed by atoms with Crippen molar-refractivity contribution in [3.05, 3.63) is 38.2 Å². The van der Waals surface area contributed by atoms with Gasteiger partial charge in [0, 0.05) is 18.5 Å². The first-order valence-electron chi connectivity index (χ1n) is 10.9. The van der Waals surface area contributed by atoms with Crippen LogP contribution in [0.4, 0.5) is 9.59 Å². The number of carbonyl (C=O) groups is 2. The topological polar surface area (TPSA) is 108 Å². The van der Waals surface area contributed by atoms with Crippen LogP contribution in [-0.4, -0.2) is 42.6 Å². The molecule has 0 atom stereocenters. The summed E-state index contributed by atoms with van der Waals surface area (Å²) < 4.78 is 17.5. The van der Waals surface area contributed by atoms with Crippen molar-refractivity contribution in [1.82, 2.24) is 15.2 Å². The molecule has 0 bridgehead atoms. The predicted molar refractivity (Wildman–Crippen MR) is 132 cm³/mol. The lowest BCUT2D eigenvalue weighted by atomic mass is 10.1. The highest BCUT2D eigenvalue weighted by molar-refractivity contribution is 6.42. The minimum absolute atomic E-state index is 0.0555. The average Bonchev–Trinajstić information content (AvgIpc) is 2.75. The number of hydrogen-bond acceptors (Lipinski definition) is 6. The molecule has 0 saturated carbocycles. The second kappa shape index (κ2) is 12.2. The molecule has 2 N–H and O–H groups in total. The summed E-state index contributed by atoms with van der Waals surface area (Å²) in [6, 6.07) is 3.07. The fourth-order valence-electron chi connectivity index (χ4n) is 3.16. The van der Waals surface area contributed by atoms with E-state index in [1.807, 2.05) is 6.92 Å². The van der Waals surface area contributed by atoms with Crippen molar-refractivity contribution < 1.29 is 23.8 Å². The van der Waals surface area contributed by atoms with Crippen LogP contribution in [0.1, 0.15) is 46.2 Å². The normalized spacial score (nSPS) is 11.3.